The predicted octanol–water partition coefficient (Wildman–Crippen LogP) is 4.88. The van der Waals surface area contributed by atoms with Gasteiger partial charge in [0.15, 0.2) is 0 Å². The average molecular weight is 281 g/mol. The van der Waals surface area contributed by atoms with Crippen molar-refractivity contribution in [1.82, 2.24) is 15.0 Å². The number of hydrogen-bond acceptors (Lipinski definition) is 3. The molecule has 0 fully saturated rings. The lowest BCUT2D eigenvalue weighted by molar-refractivity contribution is 0.828. The van der Waals surface area contributed by atoms with E-state index in [1.807, 2.05) is 33.2 Å². The zero-order valence-electron chi connectivity index (χ0n) is 13.2. The van der Waals surface area contributed by atoms with Crippen molar-refractivity contribution >= 4 is 11.3 Å². The first-order chi connectivity index (χ1) is 9.02. The highest BCUT2D eigenvalue weighted by molar-refractivity contribution is 7.11. The van der Waals surface area contributed by atoms with E-state index in [2.05, 4.69) is 42.6 Å². The van der Waals surface area contributed by atoms with Gasteiger partial charge in [0, 0.05) is 23.0 Å². The summed E-state index contributed by atoms with van der Waals surface area (Å²) >= 11 is 1.78. The number of rotatable bonds is 2. The minimum atomic E-state index is 0.561. The van der Waals surface area contributed by atoms with Gasteiger partial charge in [0.2, 0.25) is 0 Å². The van der Waals surface area contributed by atoms with Gasteiger partial charge in [-0.1, -0.05) is 34.6 Å². The normalized spacial score (nSPS) is 9.47. The summed E-state index contributed by atoms with van der Waals surface area (Å²) in [5, 5.41) is 1.24. The van der Waals surface area contributed by atoms with Gasteiger partial charge in [-0.05, 0) is 26.2 Å². The van der Waals surface area contributed by atoms with E-state index in [-0.39, 0.29) is 0 Å². The van der Waals surface area contributed by atoms with Crippen LogP contribution in [-0.2, 0) is 6.42 Å². The number of aromatic amines is 1. The summed E-state index contributed by atoms with van der Waals surface area (Å²) in [6.45, 7) is 14.5. The largest absolute Gasteiger partial charge is 0.346 e. The molecule has 0 unspecified atom stereocenters. The van der Waals surface area contributed by atoms with Crippen molar-refractivity contribution < 1.29 is 0 Å². The molecule has 0 spiro atoms. The van der Waals surface area contributed by atoms with Gasteiger partial charge in [-0.3, -0.25) is 0 Å². The molecule has 0 aliphatic heterocycles. The Morgan fingerprint density at radius 3 is 2.00 bits per heavy atom. The Morgan fingerprint density at radius 2 is 1.79 bits per heavy atom. The molecule has 19 heavy (non-hydrogen) atoms. The van der Waals surface area contributed by atoms with Crippen LogP contribution < -0.4 is 0 Å². The maximum absolute atomic E-state index is 4.15. The standard InChI is InChI=1S/C7H12N2.C6H9NS.C2H6/c1-5(2)7-4-8-6(3)9-7;1-3-6-7-4-5(2)8-6;1-2/h4-5H,1-3H3,(H,8,9);4H,3H2,1-2H3;1-2H3. The second-order valence-corrected chi connectivity index (χ2v) is 5.62. The van der Waals surface area contributed by atoms with Crippen LogP contribution in [0.4, 0.5) is 0 Å². The molecule has 0 aliphatic carbocycles. The van der Waals surface area contributed by atoms with Crippen molar-refractivity contribution in [3.63, 3.8) is 0 Å². The summed E-state index contributed by atoms with van der Waals surface area (Å²) in [4.78, 5) is 12.7. The smallest absolute Gasteiger partial charge is 0.103 e. The highest BCUT2D eigenvalue weighted by Gasteiger charge is 1.99. The molecule has 2 heterocycles. The highest BCUT2D eigenvalue weighted by atomic mass is 32.1. The number of nitrogens with zero attached hydrogens (tertiary/aromatic N) is 2. The van der Waals surface area contributed by atoms with Gasteiger partial charge in [0.05, 0.1) is 5.01 Å². The Morgan fingerprint density at radius 1 is 1.16 bits per heavy atom. The predicted molar refractivity (Wildman–Crippen MR) is 85.0 cm³/mol. The van der Waals surface area contributed by atoms with Crippen LogP contribution in [0.15, 0.2) is 12.4 Å². The van der Waals surface area contributed by atoms with E-state index in [1.165, 1.54) is 15.6 Å². The summed E-state index contributed by atoms with van der Waals surface area (Å²) in [6.07, 6.45) is 4.88. The molecule has 2 aromatic rings. The van der Waals surface area contributed by atoms with Crippen molar-refractivity contribution in [2.75, 3.05) is 0 Å². The molecular formula is C15H27N3S. The summed E-state index contributed by atoms with van der Waals surface area (Å²) in [6, 6.07) is 0. The Balaban J connectivity index is 0.000000303. The zero-order valence-corrected chi connectivity index (χ0v) is 14.1. The number of aryl methyl sites for hydroxylation is 3. The molecule has 108 valence electrons. The minimum Gasteiger partial charge on any atom is -0.346 e. The van der Waals surface area contributed by atoms with Gasteiger partial charge in [-0.25, -0.2) is 9.97 Å². The average Bonchev–Trinajstić information content (AvgIpc) is 3.01. The third kappa shape index (κ3) is 7.11. The zero-order chi connectivity index (χ0) is 14.8. The molecule has 2 rings (SSSR count). The second kappa shape index (κ2) is 9.73. The van der Waals surface area contributed by atoms with Crippen LogP contribution in [0, 0.1) is 13.8 Å². The lowest BCUT2D eigenvalue weighted by atomic mass is 10.2. The monoisotopic (exact) mass is 281 g/mol. The van der Waals surface area contributed by atoms with E-state index in [0.717, 1.165) is 12.2 Å². The Labute approximate surface area is 121 Å². The van der Waals surface area contributed by atoms with Crippen LogP contribution in [-0.4, -0.2) is 15.0 Å². The molecule has 3 nitrogen and oxygen atoms in total. The lowest BCUT2D eigenvalue weighted by Gasteiger charge is -1.96. The summed E-state index contributed by atoms with van der Waals surface area (Å²) in [5.74, 6) is 1.56. The van der Waals surface area contributed by atoms with Gasteiger partial charge in [-0.2, -0.15) is 0 Å². The van der Waals surface area contributed by atoms with Gasteiger partial charge >= 0.3 is 0 Å². The maximum Gasteiger partial charge on any atom is 0.103 e. The fraction of sp³-hybridized carbons (Fsp3) is 0.600. The third-order valence-electron chi connectivity index (χ3n) is 2.32. The fourth-order valence-electron chi connectivity index (χ4n) is 1.30. The first-order valence-electron chi connectivity index (χ1n) is 6.95. The van der Waals surface area contributed by atoms with E-state index in [1.54, 1.807) is 11.3 Å². The molecule has 0 saturated carbocycles. The molecule has 4 heteroatoms. The number of hydrogen-bond donors (Lipinski definition) is 1. The molecule has 0 aliphatic rings. The van der Waals surface area contributed by atoms with E-state index >= 15 is 0 Å². The Kier molecular flexibility index (Phi) is 9.13. The quantitative estimate of drug-likeness (QED) is 0.852. The molecule has 0 amide bonds. The second-order valence-electron chi connectivity index (χ2n) is 4.30. The summed E-state index contributed by atoms with van der Waals surface area (Å²) < 4.78 is 0. The minimum absolute atomic E-state index is 0.561. The van der Waals surface area contributed by atoms with Gasteiger partial charge < -0.3 is 4.98 Å². The Bertz CT molecular complexity index is 444. The van der Waals surface area contributed by atoms with Gasteiger partial charge in [0.25, 0.3) is 0 Å². The van der Waals surface area contributed by atoms with Gasteiger partial charge in [0.1, 0.15) is 5.82 Å². The maximum atomic E-state index is 4.15. The van der Waals surface area contributed by atoms with Crippen LogP contribution in [0.3, 0.4) is 0 Å². The van der Waals surface area contributed by atoms with Crippen LogP contribution in [0.25, 0.3) is 0 Å². The molecule has 0 bridgehead atoms. The van der Waals surface area contributed by atoms with E-state index in [0.29, 0.717) is 5.92 Å². The van der Waals surface area contributed by atoms with Crippen molar-refractivity contribution in [2.24, 2.45) is 0 Å². The van der Waals surface area contributed by atoms with Crippen molar-refractivity contribution in [2.45, 2.75) is 60.8 Å². The molecular weight excluding hydrogens is 254 g/mol. The molecule has 0 radical (unpaired) electrons. The van der Waals surface area contributed by atoms with Crippen molar-refractivity contribution in [3.05, 3.63) is 33.8 Å². The summed E-state index contributed by atoms with van der Waals surface area (Å²) in [7, 11) is 0. The topological polar surface area (TPSA) is 41.6 Å². The van der Waals surface area contributed by atoms with E-state index in [4.69, 9.17) is 0 Å². The first kappa shape index (κ1) is 17.8. The van der Waals surface area contributed by atoms with Crippen LogP contribution >= 0.6 is 11.3 Å². The molecule has 1 N–H and O–H groups in total. The number of thiazole rings is 1. The van der Waals surface area contributed by atoms with Crippen LogP contribution in [0.1, 0.15) is 61.9 Å². The Hall–Kier alpha value is -1.16. The molecule has 0 atom stereocenters. The van der Waals surface area contributed by atoms with Crippen LogP contribution in [0.5, 0.6) is 0 Å². The number of H-pyrrole nitrogens is 1. The van der Waals surface area contributed by atoms with E-state index in [9.17, 15) is 0 Å². The summed E-state index contributed by atoms with van der Waals surface area (Å²) in [5.41, 5.74) is 1.22. The highest BCUT2D eigenvalue weighted by Crippen LogP contribution is 2.10. The number of imidazole rings is 1. The number of aromatic nitrogens is 3. The van der Waals surface area contributed by atoms with E-state index < -0.39 is 0 Å². The first-order valence-corrected chi connectivity index (χ1v) is 7.77. The number of nitrogens with one attached hydrogen (secondary N) is 1. The molecule has 0 aromatic carbocycles. The van der Waals surface area contributed by atoms with Crippen molar-refractivity contribution in [1.29, 1.82) is 0 Å². The fourth-order valence-corrected chi connectivity index (χ4v) is 2.02. The SMILES string of the molecule is CC.CCc1ncc(C)s1.Cc1ncc(C(C)C)[nH]1. The van der Waals surface area contributed by atoms with Crippen molar-refractivity contribution in [3.8, 4) is 0 Å². The van der Waals surface area contributed by atoms with Crippen LogP contribution in [0.2, 0.25) is 0 Å². The lowest BCUT2D eigenvalue weighted by Crippen LogP contribution is -1.85. The van der Waals surface area contributed by atoms with Gasteiger partial charge in [-0.15, -0.1) is 11.3 Å². The molecule has 2 aromatic heterocycles. The molecule has 0 saturated heterocycles. The third-order valence-corrected chi connectivity index (χ3v) is 3.37.